The number of nitrogens with zero attached hydrogens (tertiary/aromatic N) is 1. The van der Waals surface area contributed by atoms with E-state index in [1.54, 1.807) is 0 Å². The maximum atomic E-state index is 2.52. The van der Waals surface area contributed by atoms with Gasteiger partial charge in [0.2, 0.25) is 0 Å². The molecule has 0 N–H and O–H groups in total. The van der Waals surface area contributed by atoms with Crippen LogP contribution in [0.5, 0.6) is 0 Å². The van der Waals surface area contributed by atoms with Gasteiger partial charge in [0.25, 0.3) is 0 Å². The molecule has 8 aromatic carbocycles. The van der Waals surface area contributed by atoms with Gasteiger partial charge in [-0.3, -0.25) is 0 Å². The van der Waals surface area contributed by atoms with E-state index in [-0.39, 0.29) is 0 Å². The highest BCUT2D eigenvalue weighted by Crippen LogP contribution is 2.64. The number of fused-ring (bicyclic) bond motifs is 13. The van der Waals surface area contributed by atoms with Crippen LogP contribution in [0.2, 0.25) is 0 Å². The van der Waals surface area contributed by atoms with E-state index in [0.29, 0.717) is 5.92 Å². The second-order valence-electron chi connectivity index (χ2n) is 15.1. The largest absolute Gasteiger partial charge is 0.310 e. The van der Waals surface area contributed by atoms with Crippen molar-refractivity contribution in [3.05, 3.63) is 198 Å². The Balaban J connectivity index is 1.14. The standard InChI is InChI=1S/C51H39N/c1-3-13-34(14-4-1)35-23-27-40(28-24-35)52(39-16-5-2-6-17-39)41-29-25-37-32-46-45-30-26-36-15-7-8-18-42(36)50(45)51(49(46)33-38(37)31-41)47-21-11-9-19-43(47)44-20-10-12-22-48(44)51/h2,5-12,15-34H,1,3-4,13-14H2. The highest BCUT2D eigenvalue weighted by Gasteiger charge is 2.52. The zero-order valence-electron chi connectivity index (χ0n) is 29.2. The van der Waals surface area contributed by atoms with Crippen LogP contribution in [0.1, 0.15) is 65.8 Å². The number of anilines is 3. The Labute approximate surface area is 305 Å². The first kappa shape index (κ1) is 29.8. The Morgan fingerprint density at radius 1 is 0.404 bits per heavy atom. The van der Waals surface area contributed by atoms with Crippen LogP contribution in [-0.4, -0.2) is 0 Å². The number of para-hydroxylation sites is 1. The second kappa shape index (κ2) is 11.6. The summed E-state index contributed by atoms with van der Waals surface area (Å²) in [5.74, 6) is 0.690. The zero-order valence-corrected chi connectivity index (χ0v) is 29.2. The molecular weight excluding hydrogens is 627 g/mol. The first-order valence-electron chi connectivity index (χ1n) is 19.0. The molecule has 52 heavy (non-hydrogen) atoms. The first-order chi connectivity index (χ1) is 25.8. The molecule has 1 spiro atoms. The average molecular weight is 666 g/mol. The molecule has 0 radical (unpaired) electrons. The van der Waals surface area contributed by atoms with E-state index in [1.807, 2.05) is 0 Å². The molecular formula is C51H39N. The van der Waals surface area contributed by atoms with Crippen LogP contribution in [0.25, 0.3) is 43.8 Å². The SMILES string of the molecule is c1ccc(N(c2ccc(C3CCCCC3)cc2)c2ccc3cc4c(cc3c2)C2(c3ccccc3-c3ccccc32)c2c-4ccc3ccccc23)cc1. The van der Waals surface area contributed by atoms with Crippen molar-refractivity contribution in [2.45, 2.75) is 43.4 Å². The molecule has 0 heterocycles. The summed E-state index contributed by atoms with van der Waals surface area (Å²) in [5.41, 5.74) is 15.5. The van der Waals surface area contributed by atoms with Crippen molar-refractivity contribution < 1.29 is 0 Å². The number of rotatable bonds is 4. The molecule has 248 valence electrons. The highest BCUT2D eigenvalue weighted by molar-refractivity contribution is 6.06. The molecule has 11 rings (SSSR count). The molecule has 1 fully saturated rings. The van der Waals surface area contributed by atoms with Gasteiger partial charge in [-0.2, -0.15) is 0 Å². The molecule has 0 saturated heterocycles. The zero-order chi connectivity index (χ0) is 34.2. The van der Waals surface area contributed by atoms with Gasteiger partial charge >= 0.3 is 0 Å². The van der Waals surface area contributed by atoms with Gasteiger partial charge in [0, 0.05) is 17.1 Å². The van der Waals surface area contributed by atoms with Crippen molar-refractivity contribution in [2.24, 2.45) is 0 Å². The molecule has 0 aliphatic heterocycles. The van der Waals surface area contributed by atoms with Crippen LogP contribution in [0.15, 0.2) is 170 Å². The first-order valence-corrected chi connectivity index (χ1v) is 19.0. The lowest BCUT2D eigenvalue weighted by molar-refractivity contribution is 0.443. The number of hydrogen-bond acceptors (Lipinski definition) is 1. The van der Waals surface area contributed by atoms with E-state index in [2.05, 4.69) is 175 Å². The summed E-state index contributed by atoms with van der Waals surface area (Å²) < 4.78 is 0. The molecule has 0 bridgehead atoms. The summed E-state index contributed by atoms with van der Waals surface area (Å²) in [6, 6.07) is 64.3. The maximum absolute atomic E-state index is 2.52. The second-order valence-corrected chi connectivity index (χ2v) is 15.1. The van der Waals surface area contributed by atoms with E-state index in [9.17, 15) is 0 Å². The molecule has 3 aliphatic rings. The molecule has 0 atom stereocenters. The van der Waals surface area contributed by atoms with Crippen molar-refractivity contribution in [1.82, 2.24) is 0 Å². The minimum absolute atomic E-state index is 0.406. The predicted octanol–water partition coefficient (Wildman–Crippen LogP) is 13.9. The molecule has 1 saturated carbocycles. The lowest BCUT2D eigenvalue weighted by Gasteiger charge is -2.31. The minimum Gasteiger partial charge on any atom is -0.310 e. The van der Waals surface area contributed by atoms with Gasteiger partial charge in [0.15, 0.2) is 0 Å². The molecule has 0 unspecified atom stereocenters. The van der Waals surface area contributed by atoms with E-state index >= 15 is 0 Å². The molecule has 0 amide bonds. The Morgan fingerprint density at radius 2 is 1.04 bits per heavy atom. The Hall–Kier alpha value is -5.92. The topological polar surface area (TPSA) is 3.24 Å². The maximum Gasteiger partial charge on any atom is 0.0731 e. The van der Waals surface area contributed by atoms with E-state index in [1.165, 1.54) is 121 Å². The van der Waals surface area contributed by atoms with Crippen molar-refractivity contribution >= 4 is 38.6 Å². The summed E-state index contributed by atoms with van der Waals surface area (Å²) in [6.45, 7) is 0. The van der Waals surface area contributed by atoms with Crippen LogP contribution >= 0.6 is 0 Å². The third-order valence-electron chi connectivity index (χ3n) is 12.4. The van der Waals surface area contributed by atoms with Crippen LogP contribution in [0.3, 0.4) is 0 Å². The minimum atomic E-state index is -0.406. The third-order valence-corrected chi connectivity index (χ3v) is 12.4. The predicted molar refractivity (Wildman–Crippen MR) is 218 cm³/mol. The summed E-state index contributed by atoms with van der Waals surface area (Å²) in [5, 5.41) is 5.14. The van der Waals surface area contributed by atoms with Crippen molar-refractivity contribution in [3.8, 4) is 22.3 Å². The normalized spacial score (nSPS) is 15.4. The molecule has 1 nitrogen and oxygen atoms in total. The van der Waals surface area contributed by atoms with Gasteiger partial charge < -0.3 is 4.90 Å². The smallest absolute Gasteiger partial charge is 0.0731 e. The van der Waals surface area contributed by atoms with Gasteiger partial charge in [-0.1, -0.05) is 141 Å². The average Bonchev–Trinajstić information content (AvgIpc) is 3.68. The summed E-state index contributed by atoms with van der Waals surface area (Å²) >= 11 is 0. The lowest BCUT2D eigenvalue weighted by atomic mass is 9.69. The van der Waals surface area contributed by atoms with E-state index in [0.717, 1.165) is 0 Å². The van der Waals surface area contributed by atoms with Crippen LogP contribution in [0, 0.1) is 0 Å². The monoisotopic (exact) mass is 665 g/mol. The van der Waals surface area contributed by atoms with Gasteiger partial charge in [0.1, 0.15) is 0 Å². The fraction of sp³-hybridized carbons (Fsp3) is 0.137. The summed E-state index contributed by atoms with van der Waals surface area (Å²) in [6.07, 6.45) is 6.70. The number of hydrogen-bond donors (Lipinski definition) is 0. The van der Waals surface area contributed by atoms with Crippen molar-refractivity contribution in [3.63, 3.8) is 0 Å². The van der Waals surface area contributed by atoms with Crippen LogP contribution < -0.4 is 4.90 Å². The quantitative estimate of drug-likeness (QED) is 0.181. The molecule has 3 aliphatic carbocycles. The van der Waals surface area contributed by atoms with Crippen molar-refractivity contribution in [1.29, 1.82) is 0 Å². The molecule has 1 heteroatoms. The molecule has 0 aromatic heterocycles. The van der Waals surface area contributed by atoms with Gasteiger partial charge in [-0.15, -0.1) is 0 Å². The fourth-order valence-corrected chi connectivity index (χ4v) is 10.1. The van der Waals surface area contributed by atoms with Crippen LogP contribution in [0.4, 0.5) is 17.1 Å². The Morgan fingerprint density at radius 3 is 1.81 bits per heavy atom. The Bertz CT molecular complexity index is 2620. The van der Waals surface area contributed by atoms with Crippen molar-refractivity contribution in [2.75, 3.05) is 4.90 Å². The van der Waals surface area contributed by atoms with Crippen LogP contribution in [-0.2, 0) is 5.41 Å². The van der Waals surface area contributed by atoms with Gasteiger partial charge in [-0.05, 0) is 139 Å². The summed E-state index contributed by atoms with van der Waals surface area (Å²) in [7, 11) is 0. The number of benzene rings is 8. The summed E-state index contributed by atoms with van der Waals surface area (Å²) in [4.78, 5) is 2.43. The van der Waals surface area contributed by atoms with Gasteiger partial charge in [0.05, 0.1) is 5.41 Å². The lowest BCUT2D eigenvalue weighted by Crippen LogP contribution is -2.26. The van der Waals surface area contributed by atoms with Gasteiger partial charge in [-0.25, -0.2) is 0 Å². The van der Waals surface area contributed by atoms with E-state index in [4.69, 9.17) is 0 Å². The highest BCUT2D eigenvalue weighted by atomic mass is 15.1. The fourth-order valence-electron chi connectivity index (χ4n) is 10.1. The van der Waals surface area contributed by atoms with E-state index < -0.39 is 5.41 Å². The Kier molecular flexibility index (Phi) is 6.61. The third kappa shape index (κ3) is 4.23. The molecule has 8 aromatic rings.